The number of amides is 2. The van der Waals surface area contributed by atoms with Crippen molar-refractivity contribution < 1.29 is 9.59 Å². The van der Waals surface area contributed by atoms with E-state index in [1.165, 1.54) is 0 Å². The number of carbonyl (C=O) groups excluding carboxylic acids is 2. The number of rotatable bonds is 5. The number of anilines is 1. The zero-order chi connectivity index (χ0) is 21.7. The highest BCUT2D eigenvalue weighted by atomic mass is 16.2. The number of benzene rings is 1. The van der Waals surface area contributed by atoms with Gasteiger partial charge in [0.05, 0.1) is 11.6 Å². The number of hydrogen-bond donors (Lipinski definition) is 1. The van der Waals surface area contributed by atoms with E-state index in [9.17, 15) is 9.59 Å². The summed E-state index contributed by atoms with van der Waals surface area (Å²) in [7, 11) is 0. The smallest absolute Gasteiger partial charge is 0.317 e. The minimum absolute atomic E-state index is 0.0632. The Labute approximate surface area is 176 Å². The van der Waals surface area contributed by atoms with Crippen LogP contribution in [0.15, 0.2) is 42.7 Å². The van der Waals surface area contributed by atoms with Crippen LogP contribution in [0.5, 0.6) is 0 Å². The number of carbonyl (C=O) groups is 2. The maximum atomic E-state index is 12.8. The maximum absolute atomic E-state index is 12.8. The summed E-state index contributed by atoms with van der Waals surface area (Å²) in [5.41, 5.74) is 1.04. The number of piperazine rings is 1. The molecule has 156 valence electrons. The summed E-state index contributed by atoms with van der Waals surface area (Å²) in [5, 5.41) is 11.9. The van der Waals surface area contributed by atoms with Gasteiger partial charge < -0.3 is 15.1 Å². The van der Waals surface area contributed by atoms with Crippen LogP contribution in [0.2, 0.25) is 0 Å². The van der Waals surface area contributed by atoms with E-state index < -0.39 is 5.92 Å². The summed E-state index contributed by atoms with van der Waals surface area (Å²) in [6.07, 6.45) is 3.42. The molecule has 1 fully saturated rings. The van der Waals surface area contributed by atoms with Crippen LogP contribution in [0, 0.1) is 17.2 Å². The molecule has 0 bridgehead atoms. The normalized spacial score (nSPS) is 18.3. The molecule has 0 spiro atoms. The molecule has 2 unspecified atom stereocenters. The van der Waals surface area contributed by atoms with E-state index in [1.807, 2.05) is 19.9 Å². The van der Waals surface area contributed by atoms with E-state index in [1.54, 1.807) is 54.5 Å². The Morgan fingerprint density at radius 3 is 2.43 bits per heavy atom. The first-order valence-electron chi connectivity index (χ1n) is 10.0. The lowest BCUT2D eigenvalue weighted by Gasteiger charge is -2.40. The Bertz CT molecular complexity index is 925. The van der Waals surface area contributed by atoms with E-state index >= 15 is 0 Å². The Morgan fingerprint density at radius 2 is 1.83 bits per heavy atom. The monoisotopic (exact) mass is 406 g/mol. The third-order valence-corrected chi connectivity index (χ3v) is 5.54. The highest BCUT2D eigenvalue weighted by molar-refractivity contribution is 5.98. The van der Waals surface area contributed by atoms with Crippen LogP contribution < -0.4 is 10.2 Å². The minimum Gasteiger partial charge on any atom is -0.335 e. The second kappa shape index (κ2) is 9.35. The van der Waals surface area contributed by atoms with Crippen molar-refractivity contribution >= 4 is 17.8 Å². The molecule has 1 aliphatic heterocycles. The molecule has 8 heteroatoms. The van der Waals surface area contributed by atoms with Crippen molar-refractivity contribution in [2.75, 3.05) is 24.5 Å². The van der Waals surface area contributed by atoms with Crippen molar-refractivity contribution in [1.29, 1.82) is 5.26 Å². The summed E-state index contributed by atoms with van der Waals surface area (Å²) in [6.45, 7) is 7.43. The third-order valence-electron chi connectivity index (χ3n) is 5.54. The second-order valence-corrected chi connectivity index (χ2v) is 7.62. The molecular formula is C22H26N6O2. The quantitative estimate of drug-likeness (QED) is 0.766. The average molecular weight is 406 g/mol. The lowest BCUT2D eigenvalue weighted by Crippen LogP contribution is -2.57. The highest BCUT2D eigenvalue weighted by Gasteiger charge is 2.30. The number of Topliss-reactive ketones (excluding diaryl/α,β-unsaturated/α-hetero) is 1. The number of ketones is 1. The van der Waals surface area contributed by atoms with E-state index in [0.717, 1.165) is 0 Å². The van der Waals surface area contributed by atoms with Gasteiger partial charge in [0.1, 0.15) is 0 Å². The summed E-state index contributed by atoms with van der Waals surface area (Å²) < 4.78 is 0. The van der Waals surface area contributed by atoms with Gasteiger partial charge >= 0.3 is 6.03 Å². The van der Waals surface area contributed by atoms with E-state index in [2.05, 4.69) is 20.2 Å². The van der Waals surface area contributed by atoms with Gasteiger partial charge in [-0.1, -0.05) is 19.1 Å². The Hall–Kier alpha value is -3.47. The zero-order valence-electron chi connectivity index (χ0n) is 17.4. The van der Waals surface area contributed by atoms with Gasteiger partial charge in [0.25, 0.3) is 0 Å². The number of hydrogen-bond acceptors (Lipinski definition) is 6. The van der Waals surface area contributed by atoms with Gasteiger partial charge in [-0.2, -0.15) is 5.26 Å². The fraction of sp³-hybridized carbons (Fsp3) is 0.409. The summed E-state index contributed by atoms with van der Waals surface area (Å²) in [4.78, 5) is 37.9. The van der Waals surface area contributed by atoms with Crippen molar-refractivity contribution in [2.45, 2.75) is 32.9 Å². The van der Waals surface area contributed by atoms with Gasteiger partial charge in [0, 0.05) is 55.6 Å². The van der Waals surface area contributed by atoms with Crippen LogP contribution in [0.3, 0.4) is 0 Å². The van der Waals surface area contributed by atoms with Crippen LogP contribution >= 0.6 is 0 Å². The molecule has 2 heterocycles. The van der Waals surface area contributed by atoms with Crippen LogP contribution in [0.4, 0.5) is 10.7 Å². The molecule has 2 aromatic rings. The van der Waals surface area contributed by atoms with E-state index in [-0.39, 0.29) is 23.9 Å². The molecule has 0 aliphatic carbocycles. The summed E-state index contributed by atoms with van der Waals surface area (Å²) >= 11 is 0. The summed E-state index contributed by atoms with van der Waals surface area (Å²) in [5.74, 6) is 0.213. The molecule has 0 saturated carbocycles. The molecule has 1 aliphatic rings. The first-order valence-corrected chi connectivity index (χ1v) is 10.0. The third kappa shape index (κ3) is 4.74. The van der Waals surface area contributed by atoms with Crippen LogP contribution in [0.1, 0.15) is 36.7 Å². The van der Waals surface area contributed by atoms with Gasteiger partial charge in [-0.25, -0.2) is 14.8 Å². The SMILES string of the molecule is CC(NC(=O)N1CCN(c2ncccn2)[C@@H](C)C1)C(C)C(=O)c1ccc(C#N)cc1. The van der Waals surface area contributed by atoms with Crippen molar-refractivity contribution in [1.82, 2.24) is 20.2 Å². The number of urea groups is 1. The van der Waals surface area contributed by atoms with Crippen molar-refractivity contribution in [3.63, 3.8) is 0 Å². The zero-order valence-corrected chi connectivity index (χ0v) is 17.4. The van der Waals surface area contributed by atoms with Gasteiger partial charge in [-0.05, 0) is 32.0 Å². The number of nitriles is 1. The fourth-order valence-corrected chi connectivity index (χ4v) is 3.49. The predicted molar refractivity (Wildman–Crippen MR) is 113 cm³/mol. The molecular weight excluding hydrogens is 380 g/mol. The molecule has 3 rings (SSSR count). The van der Waals surface area contributed by atoms with Gasteiger partial charge in [-0.15, -0.1) is 0 Å². The standard InChI is InChI=1S/C22H26N6O2/c1-15-14-27(11-12-28(15)21-24-9-4-10-25-21)22(30)26-17(3)16(2)20(29)19-7-5-18(13-23)6-8-19/h4-10,15-17H,11-12,14H2,1-3H3,(H,26,30)/t15-,16?,17?/m0/s1. The number of aromatic nitrogens is 2. The Kier molecular flexibility index (Phi) is 6.62. The van der Waals surface area contributed by atoms with Crippen LogP contribution in [-0.4, -0.2) is 58.4 Å². The molecule has 8 nitrogen and oxygen atoms in total. The average Bonchev–Trinajstić information content (AvgIpc) is 2.78. The minimum atomic E-state index is -0.390. The lowest BCUT2D eigenvalue weighted by atomic mass is 9.93. The molecule has 3 atom stereocenters. The first kappa shape index (κ1) is 21.2. The second-order valence-electron chi connectivity index (χ2n) is 7.62. The summed E-state index contributed by atoms with van der Waals surface area (Å²) in [6, 6.07) is 9.95. The molecule has 2 amide bonds. The maximum Gasteiger partial charge on any atom is 0.317 e. The van der Waals surface area contributed by atoms with Crippen LogP contribution in [0.25, 0.3) is 0 Å². The predicted octanol–water partition coefficient (Wildman–Crippen LogP) is 2.48. The van der Waals surface area contributed by atoms with Crippen molar-refractivity contribution in [3.8, 4) is 6.07 Å². The van der Waals surface area contributed by atoms with E-state index in [4.69, 9.17) is 5.26 Å². The molecule has 1 saturated heterocycles. The van der Waals surface area contributed by atoms with Crippen LogP contribution in [-0.2, 0) is 0 Å². The Morgan fingerprint density at radius 1 is 1.17 bits per heavy atom. The number of nitrogens with zero attached hydrogens (tertiary/aromatic N) is 5. The van der Waals surface area contributed by atoms with E-state index in [0.29, 0.717) is 36.7 Å². The number of nitrogens with one attached hydrogen (secondary N) is 1. The van der Waals surface area contributed by atoms with Gasteiger partial charge in [-0.3, -0.25) is 4.79 Å². The van der Waals surface area contributed by atoms with Crippen molar-refractivity contribution in [3.05, 3.63) is 53.9 Å². The highest BCUT2D eigenvalue weighted by Crippen LogP contribution is 2.17. The van der Waals surface area contributed by atoms with Crippen molar-refractivity contribution in [2.24, 2.45) is 5.92 Å². The molecule has 30 heavy (non-hydrogen) atoms. The van der Waals surface area contributed by atoms with Gasteiger partial charge in [0.15, 0.2) is 5.78 Å². The molecule has 1 N–H and O–H groups in total. The fourth-order valence-electron chi connectivity index (χ4n) is 3.49. The Balaban J connectivity index is 1.56. The lowest BCUT2D eigenvalue weighted by molar-refractivity contribution is 0.0907. The largest absolute Gasteiger partial charge is 0.335 e. The molecule has 1 aromatic carbocycles. The molecule has 1 aromatic heterocycles. The molecule has 0 radical (unpaired) electrons. The van der Waals surface area contributed by atoms with Gasteiger partial charge in [0.2, 0.25) is 5.95 Å². The first-order chi connectivity index (χ1) is 14.4. The topological polar surface area (TPSA) is 102 Å².